The summed E-state index contributed by atoms with van der Waals surface area (Å²) in [5.41, 5.74) is 1.07. The number of ether oxygens (including phenoxy) is 1. The van der Waals surface area contributed by atoms with Crippen LogP contribution in [0, 0.1) is 18.3 Å². The van der Waals surface area contributed by atoms with Crippen LogP contribution >= 0.6 is 0 Å². The quantitative estimate of drug-likeness (QED) is 0.872. The fourth-order valence-corrected chi connectivity index (χ4v) is 3.55. The molecular formula is C16H22N4O3. The number of methoxy groups -OCH3 is 1. The molecule has 124 valence electrons. The summed E-state index contributed by atoms with van der Waals surface area (Å²) in [5.74, 6) is -0.145. The van der Waals surface area contributed by atoms with E-state index in [4.69, 9.17) is 4.74 Å². The molecule has 1 N–H and O–H groups in total. The van der Waals surface area contributed by atoms with E-state index in [-0.39, 0.29) is 23.1 Å². The number of hydrogen-bond acceptors (Lipinski definition) is 5. The maximum absolute atomic E-state index is 12.5. The molecule has 2 fully saturated rings. The summed E-state index contributed by atoms with van der Waals surface area (Å²) in [7, 11) is 1.62. The molecule has 0 saturated carbocycles. The summed E-state index contributed by atoms with van der Waals surface area (Å²) in [6.45, 7) is 4.20. The van der Waals surface area contributed by atoms with Crippen molar-refractivity contribution >= 4 is 11.8 Å². The van der Waals surface area contributed by atoms with Gasteiger partial charge in [-0.2, -0.15) is 0 Å². The van der Waals surface area contributed by atoms with Crippen LogP contribution in [0.3, 0.4) is 0 Å². The Balaban J connectivity index is 1.67. The average molecular weight is 318 g/mol. The highest BCUT2D eigenvalue weighted by molar-refractivity contribution is 5.92. The molecule has 0 bridgehead atoms. The lowest BCUT2D eigenvalue weighted by Crippen LogP contribution is -2.47. The van der Waals surface area contributed by atoms with Gasteiger partial charge in [-0.25, -0.2) is 4.98 Å². The Labute approximate surface area is 135 Å². The second-order valence-electron chi connectivity index (χ2n) is 6.42. The topological polar surface area (TPSA) is 84.4 Å². The molecule has 23 heavy (non-hydrogen) atoms. The third-order valence-corrected chi connectivity index (χ3v) is 5.05. The van der Waals surface area contributed by atoms with E-state index >= 15 is 0 Å². The third kappa shape index (κ3) is 2.93. The standard InChI is InChI=1S/C16H22N4O3/c1-11-7-18-13(8-17-11)15(22)20-5-3-16(4-6-20)10-19-14(21)12(16)9-23-2/h7-8,12H,3-6,9-10H2,1-2H3,(H,19,21). The Morgan fingerprint density at radius 3 is 2.74 bits per heavy atom. The van der Waals surface area contributed by atoms with Gasteiger partial charge in [-0.3, -0.25) is 14.6 Å². The zero-order chi connectivity index (χ0) is 16.4. The molecule has 1 aromatic heterocycles. The summed E-state index contributed by atoms with van der Waals surface area (Å²) in [5, 5.41) is 2.95. The van der Waals surface area contributed by atoms with E-state index in [1.807, 2.05) is 6.92 Å². The third-order valence-electron chi connectivity index (χ3n) is 5.05. The van der Waals surface area contributed by atoms with Gasteiger partial charge in [0.15, 0.2) is 0 Å². The molecule has 2 aliphatic heterocycles. The molecule has 0 aromatic carbocycles. The normalized spacial score (nSPS) is 23.1. The number of aromatic nitrogens is 2. The Hall–Kier alpha value is -2.02. The highest BCUT2D eigenvalue weighted by Crippen LogP contribution is 2.42. The summed E-state index contributed by atoms with van der Waals surface area (Å²) >= 11 is 0. The van der Waals surface area contributed by atoms with Gasteiger partial charge in [0.25, 0.3) is 5.91 Å². The van der Waals surface area contributed by atoms with Crippen LogP contribution in [0.15, 0.2) is 12.4 Å². The first kappa shape index (κ1) is 15.9. The minimum absolute atomic E-state index is 0.0658. The second kappa shape index (κ2) is 6.23. The molecule has 1 aromatic rings. The average Bonchev–Trinajstić information content (AvgIpc) is 2.86. The number of carbonyl (C=O) groups is 2. The van der Waals surface area contributed by atoms with Gasteiger partial charge in [0, 0.05) is 38.4 Å². The molecule has 7 nitrogen and oxygen atoms in total. The number of aryl methyl sites for hydroxylation is 1. The molecular weight excluding hydrogens is 296 g/mol. The zero-order valence-corrected chi connectivity index (χ0v) is 13.5. The van der Waals surface area contributed by atoms with E-state index < -0.39 is 0 Å². The predicted octanol–water partition coefficient (Wildman–Crippen LogP) is 0.400. The highest BCUT2D eigenvalue weighted by Gasteiger charge is 2.50. The molecule has 1 unspecified atom stereocenters. The first-order chi connectivity index (χ1) is 11.1. The highest BCUT2D eigenvalue weighted by atomic mass is 16.5. The first-order valence-corrected chi connectivity index (χ1v) is 7.90. The SMILES string of the molecule is COCC1C(=O)NCC12CCN(C(=O)c1cnc(C)cn1)CC2. The van der Waals surface area contributed by atoms with Crippen LogP contribution in [-0.4, -0.2) is 60.0 Å². The number of hydrogen-bond donors (Lipinski definition) is 1. The van der Waals surface area contributed by atoms with Gasteiger partial charge in [-0.15, -0.1) is 0 Å². The van der Waals surface area contributed by atoms with Gasteiger partial charge in [-0.1, -0.05) is 0 Å². The first-order valence-electron chi connectivity index (χ1n) is 7.90. The van der Waals surface area contributed by atoms with Crippen LogP contribution in [0.4, 0.5) is 0 Å². The number of carbonyl (C=O) groups excluding carboxylic acids is 2. The van der Waals surface area contributed by atoms with Crippen LogP contribution in [0.5, 0.6) is 0 Å². The van der Waals surface area contributed by atoms with Gasteiger partial charge in [0.05, 0.1) is 24.4 Å². The number of amides is 2. The summed E-state index contributed by atoms with van der Waals surface area (Å²) < 4.78 is 5.22. The minimum Gasteiger partial charge on any atom is -0.384 e. The molecule has 2 aliphatic rings. The summed E-state index contributed by atoms with van der Waals surface area (Å²) in [4.78, 5) is 34.6. The van der Waals surface area contributed by atoms with E-state index in [0.717, 1.165) is 18.5 Å². The van der Waals surface area contributed by atoms with Crippen molar-refractivity contribution in [1.29, 1.82) is 0 Å². The molecule has 1 atom stereocenters. The predicted molar refractivity (Wildman–Crippen MR) is 82.7 cm³/mol. The van der Waals surface area contributed by atoms with Gasteiger partial charge >= 0.3 is 0 Å². The fraction of sp³-hybridized carbons (Fsp3) is 0.625. The van der Waals surface area contributed by atoms with Crippen molar-refractivity contribution in [3.05, 3.63) is 23.8 Å². The van der Waals surface area contributed by atoms with E-state index in [1.165, 1.54) is 6.20 Å². The van der Waals surface area contributed by atoms with E-state index in [0.29, 0.717) is 31.9 Å². The molecule has 1 spiro atoms. The van der Waals surface area contributed by atoms with Crippen molar-refractivity contribution in [2.75, 3.05) is 33.4 Å². The van der Waals surface area contributed by atoms with Gasteiger partial charge in [0.2, 0.25) is 5.91 Å². The maximum atomic E-state index is 12.5. The smallest absolute Gasteiger partial charge is 0.274 e. The summed E-state index contributed by atoms with van der Waals surface area (Å²) in [6.07, 6.45) is 4.72. The van der Waals surface area contributed by atoms with Crippen molar-refractivity contribution < 1.29 is 14.3 Å². The Morgan fingerprint density at radius 1 is 1.39 bits per heavy atom. The molecule has 3 heterocycles. The number of nitrogens with zero attached hydrogens (tertiary/aromatic N) is 3. The van der Waals surface area contributed by atoms with Crippen LogP contribution in [0.1, 0.15) is 29.0 Å². The number of rotatable bonds is 3. The minimum atomic E-state index is -0.121. The van der Waals surface area contributed by atoms with Crippen molar-refractivity contribution in [3.63, 3.8) is 0 Å². The van der Waals surface area contributed by atoms with Crippen LogP contribution in [-0.2, 0) is 9.53 Å². The number of piperidine rings is 1. The Bertz CT molecular complexity index is 594. The van der Waals surface area contributed by atoms with Crippen molar-refractivity contribution in [1.82, 2.24) is 20.2 Å². The van der Waals surface area contributed by atoms with Crippen LogP contribution in [0.2, 0.25) is 0 Å². The van der Waals surface area contributed by atoms with E-state index in [1.54, 1.807) is 18.2 Å². The monoisotopic (exact) mass is 318 g/mol. The van der Waals surface area contributed by atoms with Crippen molar-refractivity contribution in [3.8, 4) is 0 Å². The fourth-order valence-electron chi connectivity index (χ4n) is 3.55. The largest absolute Gasteiger partial charge is 0.384 e. The van der Waals surface area contributed by atoms with Crippen molar-refractivity contribution in [2.45, 2.75) is 19.8 Å². The lowest BCUT2D eigenvalue weighted by molar-refractivity contribution is -0.126. The van der Waals surface area contributed by atoms with Gasteiger partial charge in [0.1, 0.15) is 5.69 Å². The molecule has 7 heteroatoms. The number of nitrogens with one attached hydrogen (secondary N) is 1. The number of likely N-dealkylation sites (tertiary alicyclic amines) is 1. The molecule has 0 aliphatic carbocycles. The van der Waals surface area contributed by atoms with Crippen LogP contribution < -0.4 is 5.32 Å². The Kier molecular flexibility index (Phi) is 4.30. The van der Waals surface area contributed by atoms with Crippen molar-refractivity contribution in [2.24, 2.45) is 11.3 Å². The van der Waals surface area contributed by atoms with Gasteiger partial charge in [-0.05, 0) is 19.8 Å². The lowest BCUT2D eigenvalue weighted by atomic mass is 9.71. The van der Waals surface area contributed by atoms with E-state index in [2.05, 4.69) is 15.3 Å². The Morgan fingerprint density at radius 2 is 2.13 bits per heavy atom. The molecule has 3 rings (SSSR count). The zero-order valence-electron chi connectivity index (χ0n) is 13.5. The molecule has 0 radical (unpaired) electrons. The molecule has 2 amide bonds. The van der Waals surface area contributed by atoms with E-state index in [9.17, 15) is 9.59 Å². The summed E-state index contributed by atoms with van der Waals surface area (Å²) in [6, 6.07) is 0. The molecule has 2 saturated heterocycles. The van der Waals surface area contributed by atoms with Crippen LogP contribution in [0.25, 0.3) is 0 Å². The van der Waals surface area contributed by atoms with Gasteiger partial charge < -0.3 is 15.0 Å². The second-order valence-corrected chi connectivity index (χ2v) is 6.42. The maximum Gasteiger partial charge on any atom is 0.274 e. The lowest BCUT2D eigenvalue weighted by Gasteiger charge is -2.41.